The van der Waals surface area contributed by atoms with Gasteiger partial charge >= 0.3 is 6.09 Å². The zero-order valence-corrected chi connectivity index (χ0v) is 22.3. The Kier molecular flexibility index (Phi) is 6.90. The fourth-order valence-corrected chi connectivity index (χ4v) is 5.52. The predicted octanol–water partition coefficient (Wildman–Crippen LogP) is 4.52. The number of H-pyrrole nitrogens is 1. The number of imidazole rings is 1. The van der Waals surface area contributed by atoms with Gasteiger partial charge in [-0.1, -0.05) is 11.6 Å². The summed E-state index contributed by atoms with van der Waals surface area (Å²) < 4.78 is 43.1. The van der Waals surface area contributed by atoms with E-state index in [-0.39, 0.29) is 40.7 Å². The summed E-state index contributed by atoms with van der Waals surface area (Å²) in [6.07, 6.45) is 3.44. The molecule has 4 N–H and O–H groups in total. The number of carbonyl (C=O) groups is 1. The van der Waals surface area contributed by atoms with Crippen molar-refractivity contribution in [1.29, 1.82) is 0 Å². The number of carboxylic acid groups (broad SMARTS) is 1. The molecule has 2 heterocycles. The zero-order chi connectivity index (χ0) is 27.2. The van der Waals surface area contributed by atoms with Crippen molar-refractivity contribution >= 4 is 39.4 Å². The molecule has 1 atom stereocenters. The summed E-state index contributed by atoms with van der Waals surface area (Å²) in [5.41, 5.74) is 0.923. The first kappa shape index (κ1) is 26.2. The van der Waals surface area contributed by atoms with Gasteiger partial charge in [-0.2, -0.15) is 0 Å². The molecule has 0 aliphatic heterocycles. The standard InChI is InChI=1S/C24H27ClFN7O4S/c1-12(33(2)24(34)35)11-28-23-27-8-7-17(29-23)21-20(30-22(31-21)13-3-4-13)16-9-14(25)10-18(19(16)26)32-38(36,37)15-5-6-15/h7-10,12-13,15,32H,3-6,11H2,1-2H3,(H,30,31)(H,34,35)(H,27,28,29)/t12-/m0/s1. The van der Waals surface area contributed by atoms with Gasteiger partial charge in [0.15, 0.2) is 5.82 Å². The van der Waals surface area contributed by atoms with E-state index < -0.39 is 27.2 Å². The molecule has 0 spiro atoms. The normalized spacial score (nSPS) is 16.2. The van der Waals surface area contributed by atoms with Gasteiger partial charge in [-0.25, -0.2) is 32.6 Å². The lowest BCUT2D eigenvalue weighted by molar-refractivity contribution is 0.144. The minimum atomic E-state index is -3.71. The highest BCUT2D eigenvalue weighted by Gasteiger charge is 2.37. The number of hydrogen-bond donors (Lipinski definition) is 4. The summed E-state index contributed by atoms with van der Waals surface area (Å²) in [6, 6.07) is 3.96. The number of halogens is 2. The second-order valence-corrected chi connectivity index (χ2v) is 12.1. The molecule has 11 nitrogen and oxygen atoms in total. The lowest BCUT2D eigenvalue weighted by atomic mass is 10.1. The molecular weight excluding hydrogens is 537 g/mol. The Morgan fingerprint density at radius 1 is 1.29 bits per heavy atom. The number of aromatic amines is 1. The van der Waals surface area contributed by atoms with Crippen molar-refractivity contribution in [2.45, 2.75) is 49.8 Å². The van der Waals surface area contributed by atoms with Crippen LogP contribution < -0.4 is 10.0 Å². The summed E-state index contributed by atoms with van der Waals surface area (Å²) in [5, 5.41) is 11.8. The number of sulfonamides is 1. The lowest BCUT2D eigenvalue weighted by Crippen LogP contribution is -2.38. The van der Waals surface area contributed by atoms with Crippen LogP contribution in [0.25, 0.3) is 22.6 Å². The summed E-state index contributed by atoms with van der Waals surface area (Å²) in [6.45, 7) is 2.01. The topological polar surface area (TPSA) is 153 Å². The quantitative estimate of drug-likeness (QED) is 0.281. The van der Waals surface area contributed by atoms with E-state index >= 15 is 4.39 Å². The van der Waals surface area contributed by atoms with Crippen molar-refractivity contribution in [2.24, 2.45) is 0 Å². The predicted molar refractivity (Wildman–Crippen MR) is 141 cm³/mol. The van der Waals surface area contributed by atoms with Crippen molar-refractivity contribution in [2.75, 3.05) is 23.6 Å². The SMILES string of the molecule is C[C@@H](CNc1nccc(-c2nc(C3CC3)[nH]c2-c2cc(Cl)cc(NS(=O)(=O)C3CC3)c2F)n1)N(C)C(=O)O. The molecule has 1 amide bonds. The van der Waals surface area contributed by atoms with Gasteiger partial charge in [0, 0.05) is 42.3 Å². The molecule has 0 radical (unpaired) electrons. The number of hydrogen-bond acceptors (Lipinski definition) is 7. The molecule has 2 saturated carbocycles. The van der Waals surface area contributed by atoms with Crippen LogP contribution in [0.5, 0.6) is 0 Å². The van der Waals surface area contributed by atoms with Crippen LogP contribution in [0.2, 0.25) is 5.02 Å². The number of likely N-dealkylation sites (N-methyl/N-ethyl adjacent to an activating group) is 1. The molecule has 2 aliphatic rings. The van der Waals surface area contributed by atoms with Crippen LogP contribution in [0.1, 0.15) is 44.3 Å². The number of anilines is 2. The van der Waals surface area contributed by atoms with Crippen LogP contribution in [0, 0.1) is 5.82 Å². The van der Waals surface area contributed by atoms with E-state index in [0.717, 1.165) is 12.8 Å². The third-order valence-electron chi connectivity index (χ3n) is 6.63. The van der Waals surface area contributed by atoms with Gasteiger partial charge in [0.25, 0.3) is 0 Å². The number of benzene rings is 1. The van der Waals surface area contributed by atoms with Crippen LogP contribution in [0.4, 0.5) is 20.8 Å². The smallest absolute Gasteiger partial charge is 0.407 e. The Morgan fingerprint density at radius 2 is 2.03 bits per heavy atom. The van der Waals surface area contributed by atoms with E-state index in [0.29, 0.717) is 35.7 Å². The molecular formula is C24H27ClFN7O4S. The van der Waals surface area contributed by atoms with E-state index in [4.69, 9.17) is 21.7 Å². The number of nitrogens with zero attached hydrogens (tertiary/aromatic N) is 4. The second-order valence-electron chi connectivity index (χ2n) is 9.67. The van der Waals surface area contributed by atoms with E-state index in [2.05, 4.69) is 25.0 Å². The molecule has 14 heteroatoms. The molecule has 2 fully saturated rings. The molecule has 2 aromatic heterocycles. The van der Waals surface area contributed by atoms with Gasteiger partial charge < -0.3 is 20.3 Å². The van der Waals surface area contributed by atoms with E-state index in [1.165, 1.54) is 30.3 Å². The first-order valence-corrected chi connectivity index (χ1v) is 14.1. The third kappa shape index (κ3) is 5.53. The van der Waals surface area contributed by atoms with Crippen molar-refractivity contribution < 1.29 is 22.7 Å². The highest BCUT2D eigenvalue weighted by molar-refractivity contribution is 7.93. The van der Waals surface area contributed by atoms with E-state index in [1.54, 1.807) is 13.0 Å². The van der Waals surface area contributed by atoms with Gasteiger partial charge in [0.1, 0.15) is 11.5 Å². The Labute approximate surface area is 223 Å². The monoisotopic (exact) mass is 563 g/mol. The second kappa shape index (κ2) is 10.0. The Hall–Kier alpha value is -3.45. The minimum Gasteiger partial charge on any atom is -0.465 e. The van der Waals surface area contributed by atoms with Crippen molar-refractivity contribution in [3.8, 4) is 22.6 Å². The largest absolute Gasteiger partial charge is 0.465 e. The molecule has 3 aromatic rings. The maximum Gasteiger partial charge on any atom is 0.407 e. The maximum absolute atomic E-state index is 15.8. The molecule has 1 aromatic carbocycles. The fraction of sp³-hybridized carbons (Fsp3) is 0.417. The average Bonchev–Trinajstić information content (AvgIpc) is 3.81. The Bertz CT molecular complexity index is 1490. The summed E-state index contributed by atoms with van der Waals surface area (Å²) in [4.78, 5) is 29.0. The third-order valence-corrected chi connectivity index (χ3v) is 8.70. The summed E-state index contributed by atoms with van der Waals surface area (Å²) >= 11 is 6.30. The summed E-state index contributed by atoms with van der Waals surface area (Å²) in [5.74, 6) is 0.368. The van der Waals surface area contributed by atoms with Gasteiger partial charge in [-0.3, -0.25) is 4.72 Å². The highest BCUT2D eigenvalue weighted by Crippen LogP contribution is 2.43. The van der Waals surface area contributed by atoms with E-state index in [9.17, 15) is 13.2 Å². The molecule has 38 heavy (non-hydrogen) atoms. The van der Waals surface area contributed by atoms with Gasteiger partial charge in [-0.15, -0.1) is 0 Å². The first-order valence-electron chi connectivity index (χ1n) is 12.2. The van der Waals surface area contributed by atoms with Crippen LogP contribution >= 0.6 is 11.6 Å². The van der Waals surface area contributed by atoms with Crippen molar-refractivity contribution in [1.82, 2.24) is 24.8 Å². The van der Waals surface area contributed by atoms with Gasteiger partial charge in [-0.05, 0) is 50.8 Å². The molecule has 0 bridgehead atoms. The fourth-order valence-electron chi connectivity index (χ4n) is 3.92. The van der Waals surface area contributed by atoms with Crippen LogP contribution in [-0.2, 0) is 10.0 Å². The number of amides is 1. The molecule has 0 saturated heterocycles. The lowest BCUT2D eigenvalue weighted by Gasteiger charge is -2.21. The number of aromatic nitrogens is 4. The number of nitrogens with one attached hydrogen (secondary N) is 3. The van der Waals surface area contributed by atoms with Crippen LogP contribution in [-0.4, -0.2) is 69.3 Å². The molecule has 0 unspecified atom stereocenters. The maximum atomic E-state index is 15.8. The van der Waals surface area contributed by atoms with Crippen molar-refractivity contribution in [3.63, 3.8) is 0 Å². The van der Waals surface area contributed by atoms with Gasteiger partial charge in [0.05, 0.1) is 22.3 Å². The van der Waals surface area contributed by atoms with Crippen LogP contribution in [0.15, 0.2) is 24.4 Å². The first-order chi connectivity index (χ1) is 18.0. The van der Waals surface area contributed by atoms with Crippen molar-refractivity contribution in [3.05, 3.63) is 41.1 Å². The highest BCUT2D eigenvalue weighted by atomic mass is 35.5. The Morgan fingerprint density at radius 3 is 2.68 bits per heavy atom. The van der Waals surface area contributed by atoms with E-state index in [1.807, 2.05) is 0 Å². The molecule has 5 rings (SSSR count). The number of rotatable bonds is 10. The minimum absolute atomic E-state index is 0.0604. The Balaban J connectivity index is 1.50. The summed E-state index contributed by atoms with van der Waals surface area (Å²) in [7, 11) is -2.24. The molecule has 2 aliphatic carbocycles. The zero-order valence-electron chi connectivity index (χ0n) is 20.7. The van der Waals surface area contributed by atoms with Crippen LogP contribution in [0.3, 0.4) is 0 Å². The average molecular weight is 564 g/mol. The molecule has 202 valence electrons. The van der Waals surface area contributed by atoms with Gasteiger partial charge in [0.2, 0.25) is 16.0 Å².